The van der Waals surface area contributed by atoms with Crippen molar-refractivity contribution in [1.29, 1.82) is 0 Å². The predicted molar refractivity (Wildman–Crippen MR) is 69.9 cm³/mol. The van der Waals surface area contributed by atoms with Gasteiger partial charge in [-0.15, -0.1) is 0 Å². The number of nitrogens with zero attached hydrogens (tertiary/aromatic N) is 1. The fourth-order valence-electron chi connectivity index (χ4n) is 2.94. The first-order valence-electron chi connectivity index (χ1n) is 6.30. The lowest BCUT2D eigenvalue weighted by molar-refractivity contribution is -0.714. The van der Waals surface area contributed by atoms with Gasteiger partial charge in [0.2, 0.25) is 5.69 Å². The van der Waals surface area contributed by atoms with Gasteiger partial charge in [-0.1, -0.05) is 25.1 Å². The molecular weight excluding hydrogens is 206 g/mol. The van der Waals surface area contributed by atoms with Crippen LogP contribution < -0.4 is 4.57 Å². The van der Waals surface area contributed by atoms with Crippen LogP contribution in [0.25, 0.3) is 11.3 Å². The van der Waals surface area contributed by atoms with Crippen LogP contribution in [0.2, 0.25) is 0 Å². The summed E-state index contributed by atoms with van der Waals surface area (Å²) in [5.74, 6) is 0.575. The van der Waals surface area contributed by atoms with Gasteiger partial charge in [-0.3, -0.25) is 0 Å². The number of hydrogen-bond acceptors (Lipinski definition) is 0. The molecule has 2 heterocycles. The minimum absolute atomic E-state index is 0.528. The maximum atomic E-state index is 2.42. The third-order valence-electron chi connectivity index (χ3n) is 4.09. The summed E-state index contributed by atoms with van der Waals surface area (Å²) in [6.07, 6.45) is 2.21. The highest BCUT2D eigenvalue weighted by atomic mass is 15.0. The minimum atomic E-state index is 0.528. The van der Waals surface area contributed by atoms with Gasteiger partial charge in [-0.2, -0.15) is 4.57 Å². The van der Waals surface area contributed by atoms with Crippen LogP contribution in [0.15, 0.2) is 42.6 Å². The van der Waals surface area contributed by atoms with E-state index >= 15 is 0 Å². The van der Waals surface area contributed by atoms with Crippen molar-refractivity contribution < 1.29 is 4.57 Å². The quantitative estimate of drug-likeness (QED) is 0.602. The Morgan fingerprint density at radius 2 is 1.76 bits per heavy atom. The highest BCUT2D eigenvalue weighted by molar-refractivity contribution is 5.66. The first-order chi connectivity index (χ1) is 8.20. The summed E-state index contributed by atoms with van der Waals surface area (Å²) >= 11 is 0. The number of aryl methyl sites for hydroxylation is 1. The van der Waals surface area contributed by atoms with Crippen molar-refractivity contribution in [2.75, 3.05) is 0 Å². The van der Waals surface area contributed by atoms with Gasteiger partial charge < -0.3 is 0 Å². The van der Waals surface area contributed by atoms with E-state index in [0.717, 1.165) is 0 Å². The highest BCUT2D eigenvalue weighted by Gasteiger charge is 2.34. The van der Waals surface area contributed by atoms with Gasteiger partial charge >= 0.3 is 0 Å². The molecule has 0 saturated carbocycles. The van der Waals surface area contributed by atoms with E-state index in [0.29, 0.717) is 12.0 Å². The molecule has 86 valence electrons. The van der Waals surface area contributed by atoms with Gasteiger partial charge in [-0.25, -0.2) is 0 Å². The summed E-state index contributed by atoms with van der Waals surface area (Å²) in [4.78, 5) is 0. The van der Waals surface area contributed by atoms with Crippen LogP contribution in [-0.2, 0) is 0 Å². The zero-order valence-electron chi connectivity index (χ0n) is 10.6. The number of fused-ring (bicyclic) bond motifs is 3. The number of pyridine rings is 1. The van der Waals surface area contributed by atoms with E-state index in [1.54, 1.807) is 0 Å². The van der Waals surface area contributed by atoms with Crippen molar-refractivity contribution in [3.63, 3.8) is 0 Å². The predicted octanol–water partition coefficient (Wildman–Crippen LogP) is 3.63. The second-order valence-electron chi connectivity index (χ2n) is 5.06. The van der Waals surface area contributed by atoms with Gasteiger partial charge in [0.1, 0.15) is 0 Å². The van der Waals surface area contributed by atoms with Crippen molar-refractivity contribution in [3.8, 4) is 11.3 Å². The smallest absolute Gasteiger partial charge is 0.195 e. The molecule has 1 aliphatic rings. The van der Waals surface area contributed by atoms with Crippen LogP contribution in [-0.4, -0.2) is 0 Å². The molecule has 17 heavy (non-hydrogen) atoms. The molecule has 0 spiro atoms. The molecule has 2 unspecified atom stereocenters. The van der Waals surface area contributed by atoms with Crippen LogP contribution in [0.5, 0.6) is 0 Å². The van der Waals surface area contributed by atoms with Crippen molar-refractivity contribution >= 4 is 0 Å². The van der Waals surface area contributed by atoms with E-state index in [2.05, 4.69) is 67.9 Å². The average molecular weight is 224 g/mol. The first kappa shape index (κ1) is 10.5. The van der Waals surface area contributed by atoms with Gasteiger partial charge in [0, 0.05) is 17.5 Å². The molecular formula is C16H18N+. The van der Waals surface area contributed by atoms with E-state index in [9.17, 15) is 0 Å². The molecule has 0 amide bonds. The first-order valence-corrected chi connectivity index (χ1v) is 6.30. The second kappa shape index (κ2) is 3.69. The van der Waals surface area contributed by atoms with Crippen LogP contribution in [0, 0.1) is 6.92 Å². The molecule has 0 N–H and O–H groups in total. The molecule has 2 aromatic rings. The summed E-state index contributed by atoms with van der Waals surface area (Å²) in [5.41, 5.74) is 5.62. The molecule has 1 heteroatoms. The van der Waals surface area contributed by atoms with Crippen LogP contribution in [0.4, 0.5) is 0 Å². The Balaban J connectivity index is 2.37. The van der Waals surface area contributed by atoms with Crippen LogP contribution in [0.1, 0.15) is 36.9 Å². The molecule has 1 aromatic heterocycles. The fraction of sp³-hybridized carbons (Fsp3) is 0.312. The lowest BCUT2D eigenvalue weighted by atomic mass is 9.84. The fourth-order valence-corrected chi connectivity index (χ4v) is 2.94. The Bertz CT molecular complexity index is 571. The van der Waals surface area contributed by atoms with E-state index < -0.39 is 0 Å². The Morgan fingerprint density at radius 3 is 2.59 bits per heavy atom. The van der Waals surface area contributed by atoms with Gasteiger partial charge in [0.25, 0.3) is 0 Å². The molecule has 1 nitrogen and oxygen atoms in total. The van der Waals surface area contributed by atoms with Gasteiger partial charge in [0.15, 0.2) is 12.2 Å². The largest absolute Gasteiger partial charge is 0.215 e. The van der Waals surface area contributed by atoms with Crippen LogP contribution in [0.3, 0.4) is 0 Å². The molecule has 1 aromatic carbocycles. The number of aromatic nitrogens is 1. The minimum Gasteiger partial charge on any atom is -0.195 e. The van der Waals surface area contributed by atoms with Crippen molar-refractivity contribution in [3.05, 3.63) is 53.7 Å². The molecule has 0 aliphatic carbocycles. The number of rotatable bonds is 0. The van der Waals surface area contributed by atoms with Crippen molar-refractivity contribution in [2.24, 2.45) is 0 Å². The highest BCUT2D eigenvalue weighted by Crippen LogP contribution is 2.38. The van der Waals surface area contributed by atoms with Gasteiger partial charge in [-0.05, 0) is 31.5 Å². The summed E-state index contributed by atoms with van der Waals surface area (Å²) in [5, 5.41) is 0. The van der Waals surface area contributed by atoms with E-state index in [1.807, 2.05) is 0 Å². The third kappa shape index (κ3) is 1.42. The third-order valence-corrected chi connectivity index (χ3v) is 4.09. The van der Waals surface area contributed by atoms with E-state index in [4.69, 9.17) is 0 Å². The summed E-state index contributed by atoms with van der Waals surface area (Å²) in [6.45, 7) is 6.83. The SMILES string of the molecule is Cc1ccc[n+]2c1-c1ccccc1C(C)C2C. The number of benzene rings is 1. The maximum Gasteiger partial charge on any atom is 0.215 e. The second-order valence-corrected chi connectivity index (χ2v) is 5.06. The maximum absolute atomic E-state index is 2.42. The molecule has 0 radical (unpaired) electrons. The average Bonchev–Trinajstić information content (AvgIpc) is 2.36. The Morgan fingerprint density at radius 1 is 1.00 bits per heavy atom. The molecule has 0 fully saturated rings. The lowest BCUT2D eigenvalue weighted by Gasteiger charge is -2.26. The van der Waals surface area contributed by atoms with Crippen molar-refractivity contribution in [2.45, 2.75) is 32.7 Å². The molecule has 0 bridgehead atoms. The monoisotopic (exact) mass is 224 g/mol. The summed E-state index contributed by atoms with van der Waals surface area (Å²) < 4.78 is 2.42. The summed E-state index contributed by atoms with van der Waals surface area (Å²) in [7, 11) is 0. The molecule has 1 aliphatic heterocycles. The standard InChI is InChI=1S/C16H18N/c1-11-7-6-10-17-13(3)12(2)14-8-4-5-9-15(14)16(11)17/h4-10,12-13H,1-3H3/q+1. The van der Waals surface area contributed by atoms with Crippen molar-refractivity contribution in [1.82, 2.24) is 0 Å². The van der Waals surface area contributed by atoms with E-state index in [1.165, 1.54) is 22.4 Å². The zero-order valence-corrected chi connectivity index (χ0v) is 10.6. The molecule has 3 rings (SSSR count). The normalized spacial score (nSPS) is 21.8. The molecule has 0 saturated heterocycles. The zero-order chi connectivity index (χ0) is 12.0. The summed E-state index contributed by atoms with van der Waals surface area (Å²) in [6, 6.07) is 13.7. The van der Waals surface area contributed by atoms with E-state index in [-0.39, 0.29) is 0 Å². The Labute approximate surface area is 103 Å². The number of hydrogen-bond donors (Lipinski definition) is 0. The van der Waals surface area contributed by atoms with Gasteiger partial charge in [0.05, 0.1) is 5.56 Å². The van der Waals surface area contributed by atoms with Crippen LogP contribution >= 0.6 is 0 Å². The Hall–Kier alpha value is -1.63. The Kier molecular flexibility index (Phi) is 2.29. The lowest BCUT2D eigenvalue weighted by Crippen LogP contribution is -2.45. The topological polar surface area (TPSA) is 3.88 Å². The molecule has 2 atom stereocenters.